The van der Waals surface area contributed by atoms with Crippen molar-refractivity contribution in [2.45, 2.75) is 45.2 Å². The van der Waals surface area contributed by atoms with E-state index < -0.39 is 0 Å². The van der Waals surface area contributed by atoms with E-state index in [9.17, 15) is 0 Å². The molecule has 112 valence electrons. The minimum atomic E-state index is 0.199. The van der Waals surface area contributed by atoms with Crippen molar-refractivity contribution in [3.63, 3.8) is 0 Å². The average Bonchev–Trinajstić information content (AvgIpc) is 3.00. The highest BCUT2D eigenvalue weighted by Crippen LogP contribution is 2.23. The summed E-state index contributed by atoms with van der Waals surface area (Å²) in [5, 5.41) is 7.43. The Hall–Kier alpha value is -1.88. The predicted octanol–water partition coefficient (Wildman–Crippen LogP) is 2.35. The van der Waals surface area contributed by atoms with Gasteiger partial charge in [0.15, 0.2) is 5.82 Å². The minimum absolute atomic E-state index is 0.199. The van der Waals surface area contributed by atoms with Crippen LogP contribution in [-0.4, -0.2) is 33.8 Å². The van der Waals surface area contributed by atoms with E-state index in [0.29, 0.717) is 0 Å². The van der Waals surface area contributed by atoms with Crippen LogP contribution in [0.25, 0.3) is 11.4 Å². The number of aryl methyl sites for hydroxylation is 1. The van der Waals surface area contributed by atoms with Gasteiger partial charge in [0.2, 0.25) is 5.95 Å². The first-order valence-corrected chi connectivity index (χ1v) is 7.73. The molecule has 5 nitrogen and oxygen atoms in total. The molecule has 2 heterocycles. The SMILES string of the molecule is CCc1ccc(-c2nc(N3CCCC(N)C3C)n[nH]2)cc1. The van der Waals surface area contributed by atoms with Crippen LogP contribution in [0.4, 0.5) is 5.95 Å². The van der Waals surface area contributed by atoms with Crippen molar-refractivity contribution in [2.75, 3.05) is 11.4 Å². The molecular weight excluding hydrogens is 262 g/mol. The van der Waals surface area contributed by atoms with Gasteiger partial charge in [-0.3, -0.25) is 5.10 Å². The van der Waals surface area contributed by atoms with Crippen molar-refractivity contribution in [3.8, 4) is 11.4 Å². The van der Waals surface area contributed by atoms with Crippen LogP contribution in [0, 0.1) is 0 Å². The summed E-state index contributed by atoms with van der Waals surface area (Å²) in [7, 11) is 0. The van der Waals surface area contributed by atoms with Crippen LogP contribution in [0.15, 0.2) is 24.3 Å². The summed E-state index contributed by atoms with van der Waals surface area (Å²) in [6.45, 7) is 5.28. The highest BCUT2D eigenvalue weighted by molar-refractivity contribution is 5.57. The molecule has 0 spiro atoms. The first-order chi connectivity index (χ1) is 10.2. The zero-order valence-electron chi connectivity index (χ0n) is 12.7. The van der Waals surface area contributed by atoms with E-state index in [0.717, 1.165) is 43.1 Å². The Bertz CT molecular complexity index is 589. The lowest BCUT2D eigenvalue weighted by Crippen LogP contribution is -2.50. The van der Waals surface area contributed by atoms with Gasteiger partial charge in [-0.25, -0.2) is 0 Å². The molecule has 0 bridgehead atoms. The summed E-state index contributed by atoms with van der Waals surface area (Å²) >= 11 is 0. The predicted molar refractivity (Wildman–Crippen MR) is 85.2 cm³/mol. The molecule has 5 heteroatoms. The fourth-order valence-corrected chi connectivity index (χ4v) is 2.86. The third kappa shape index (κ3) is 2.78. The van der Waals surface area contributed by atoms with Crippen molar-refractivity contribution in [2.24, 2.45) is 5.73 Å². The number of aromatic amines is 1. The Morgan fingerprint density at radius 1 is 1.33 bits per heavy atom. The molecule has 1 aliphatic heterocycles. The van der Waals surface area contributed by atoms with Gasteiger partial charge in [0.05, 0.1) is 0 Å². The van der Waals surface area contributed by atoms with Crippen LogP contribution in [0.1, 0.15) is 32.3 Å². The molecule has 1 aromatic carbocycles. The molecule has 0 aliphatic carbocycles. The first kappa shape index (κ1) is 14.1. The van der Waals surface area contributed by atoms with Crippen molar-refractivity contribution >= 4 is 5.95 Å². The molecule has 2 unspecified atom stereocenters. The fraction of sp³-hybridized carbons (Fsp3) is 0.500. The van der Waals surface area contributed by atoms with Gasteiger partial charge in [0.25, 0.3) is 0 Å². The lowest BCUT2D eigenvalue weighted by atomic mass is 9.99. The van der Waals surface area contributed by atoms with Gasteiger partial charge in [-0.2, -0.15) is 4.98 Å². The number of hydrogen-bond donors (Lipinski definition) is 2. The molecular formula is C16H23N5. The Morgan fingerprint density at radius 3 is 2.81 bits per heavy atom. The lowest BCUT2D eigenvalue weighted by molar-refractivity contribution is 0.416. The van der Waals surface area contributed by atoms with E-state index in [1.54, 1.807) is 0 Å². The highest BCUT2D eigenvalue weighted by atomic mass is 15.4. The van der Waals surface area contributed by atoms with Crippen LogP contribution in [0.5, 0.6) is 0 Å². The second-order valence-corrected chi connectivity index (χ2v) is 5.77. The molecule has 0 saturated carbocycles. The van der Waals surface area contributed by atoms with Gasteiger partial charge in [-0.1, -0.05) is 31.2 Å². The molecule has 0 amide bonds. The minimum Gasteiger partial charge on any atom is -0.335 e. The smallest absolute Gasteiger partial charge is 0.245 e. The molecule has 3 rings (SSSR count). The topological polar surface area (TPSA) is 70.8 Å². The van der Waals surface area contributed by atoms with Crippen LogP contribution in [-0.2, 0) is 6.42 Å². The van der Waals surface area contributed by atoms with E-state index in [-0.39, 0.29) is 12.1 Å². The number of hydrogen-bond acceptors (Lipinski definition) is 4. The van der Waals surface area contributed by atoms with Gasteiger partial charge in [0, 0.05) is 24.2 Å². The molecule has 2 aromatic rings. The Balaban J connectivity index is 1.82. The third-order valence-corrected chi connectivity index (χ3v) is 4.41. The molecule has 3 N–H and O–H groups in total. The zero-order valence-corrected chi connectivity index (χ0v) is 12.7. The van der Waals surface area contributed by atoms with E-state index in [2.05, 4.69) is 58.2 Å². The number of piperidine rings is 1. The van der Waals surface area contributed by atoms with Crippen molar-refractivity contribution < 1.29 is 0 Å². The maximum atomic E-state index is 6.15. The summed E-state index contributed by atoms with van der Waals surface area (Å²) in [5.74, 6) is 1.58. The Morgan fingerprint density at radius 2 is 2.10 bits per heavy atom. The Kier molecular flexibility index (Phi) is 3.92. The first-order valence-electron chi connectivity index (χ1n) is 7.73. The van der Waals surface area contributed by atoms with Gasteiger partial charge in [-0.15, -0.1) is 5.10 Å². The number of anilines is 1. The fourth-order valence-electron chi connectivity index (χ4n) is 2.86. The zero-order chi connectivity index (χ0) is 14.8. The van der Waals surface area contributed by atoms with Gasteiger partial charge < -0.3 is 10.6 Å². The number of aromatic nitrogens is 3. The van der Waals surface area contributed by atoms with Crippen LogP contribution < -0.4 is 10.6 Å². The molecule has 1 aromatic heterocycles. The molecule has 21 heavy (non-hydrogen) atoms. The number of nitrogens with two attached hydrogens (primary N) is 1. The summed E-state index contributed by atoms with van der Waals surface area (Å²) in [5.41, 5.74) is 8.55. The van der Waals surface area contributed by atoms with Gasteiger partial charge in [-0.05, 0) is 31.7 Å². The lowest BCUT2D eigenvalue weighted by Gasteiger charge is -2.36. The number of rotatable bonds is 3. The molecule has 2 atom stereocenters. The standard InChI is InChI=1S/C16H23N5/c1-3-12-6-8-13(9-7-12)15-18-16(20-19-15)21-10-4-5-14(17)11(21)2/h6-9,11,14H,3-5,10,17H2,1-2H3,(H,18,19,20). The quantitative estimate of drug-likeness (QED) is 0.908. The molecule has 1 aliphatic rings. The summed E-state index contributed by atoms with van der Waals surface area (Å²) in [6.07, 6.45) is 3.22. The van der Waals surface area contributed by atoms with Crippen molar-refractivity contribution in [1.29, 1.82) is 0 Å². The van der Waals surface area contributed by atoms with Crippen molar-refractivity contribution in [1.82, 2.24) is 15.2 Å². The highest BCUT2D eigenvalue weighted by Gasteiger charge is 2.27. The second-order valence-electron chi connectivity index (χ2n) is 5.77. The maximum absolute atomic E-state index is 6.15. The van der Waals surface area contributed by atoms with Crippen molar-refractivity contribution in [3.05, 3.63) is 29.8 Å². The van der Waals surface area contributed by atoms with Gasteiger partial charge >= 0.3 is 0 Å². The molecule has 1 fully saturated rings. The molecule has 1 saturated heterocycles. The largest absolute Gasteiger partial charge is 0.335 e. The van der Waals surface area contributed by atoms with E-state index >= 15 is 0 Å². The van der Waals surface area contributed by atoms with Crippen LogP contribution in [0.3, 0.4) is 0 Å². The van der Waals surface area contributed by atoms with Crippen LogP contribution >= 0.6 is 0 Å². The number of nitrogens with zero attached hydrogens (tertiary/aromatic N) is 3. The third-order valence-electron chi connectivity index (χ3n) is 4.41. The van der Waals surface area contributed by atoms with E-state index in [1.807, 2.05) is 0 Å². The summed E-state index contributed by atoms with van der Waals surface area (Å²) < 4.78 is 0. The number of benzene rings is 1. The van der Waals surface area contributed by atoms with E-state index in [4.69, 9.17) is 5.73 Å². The number of nitrogens with one attached hydrogen (secondary N) is 1. The van der Waals surface area contributed by atoms with E-state index in [1.165, 1.54) is 5.56 Å². The summed E-state index contributed by atoms with van der Waals surface area (Å²) in [4.78, 5) is 6.85. The van der Waals surface area contributed by atoms with Gasteiger partial charge in [0.1, 0.15) is 0 Å². The van der Waals surface area contributed by atoms with Crippen LogP contribution in [0.2, 0.25) is 0 Å². The summed E-state index contributed by atoms with van der Waals surface area (Å²) in [6, 6.07) is 8.94. The second kappa shape index (κ2) is 5.85. The number of H-pyrrole nitrogens is 1. The average molecular weight is 285 g/mol. The monoisotopic (exact) mass is 285 g/mol. The normalized spacial score (nSPS) is 22.5. The molecule has 0 radical (unpaired) electrons. The maximum Gasteiger partial charge on any atom is 0.245 e. The Labute approximate surface area is 125 Å².